The monoisotopic (exact) mass is 367 g/mol. The number of nitrogens with zero attached hydrogens (tertiary/aromatic N) is 4. The first-order valence-corrected chi connectivity index (χ1v) is 8.64. The van der Waals surface area contributed by atoms with Crippen LogP contribution in [0, 0.1) is 10.1 Å². The van der Waals surface area contributed by atoms with Crippen molar-refractivity contribution >= 4 is 50.7 Å². The fourth-order valence-electron chi connectivity index (χ4n) is 3.32. The second-order valence-electron chi connectivity index (χ2n) is 6.33. The maximum Gasteiger partial charge on any atom is 0.269 e. The number of hydrogen-bond acceptors (Lipinski definition) is 5. The van der Waals surface area contributed by atoms with Gasteiger partial charge < -0.3 is 4.98 Å². The number of benzene rings is 2. The van der Waals surface area contributed by atoms with Crippen LogP contribution in [0.25, 0.3) is 45.0 Å². The predicted octanol–water partition coefficient (Wildman–Crippen LogP) is 4.74. The molecule has 28 heavy (non-hydrogen) atoms. The van der Waals surface area contributed by atoms with Crippen LogP contribution in [0.2, 0.25) is 0 Å². The number of nitro benzene ring substituents is 1. The topological polar surface area (TPSA) is 97.6 Å². The molecule has 0 saturated carbocycles. The lowest BCUT2D eigenvalue weighted by molar-refractivity contribution is -0.384. The fraction of sp³-hybridized carbons (Fsp3) is 0. The number of hydrogen-bond donors (Lipinski definition) is 1. The number of rotatable bonds is 3. The zero-order valence-electron chi connectivity index (χ0n) is 14.5. The quantitative estimate of drug-likeness (QED) is 0.282. The summed E-state index contributed by atoms with van der Waals surface area (Å²) in [7, 11) is 0. The summed E-state index contributed by atoms with van der Waals surface area (Å²) in [5.74, 6) is 0.690. The Labute approximate surface area is 158 Å². The van der Waals surface area contributed by atoms with Gasteiger partial charge in [0.05, 0.1) is 27.0 Å². The minimum absolute atomic E-state index is 0.0684. The summed E-state index contributed by atoms with van der Waals surface area (Å²) in [6.07, 6.45) is 7.23. The van der Waals surface area contributed by atoms with Gasteiger partial charge in [0.1, 0.15) is 5.82 Å². The van der Waals surface area contributed by atoms with Crippen LogP contribution in [-0.2, 0) is 0 Å². The molecule has 2 aromatic carbocycles. The van der Waals surface area contributed by atoms with E-state index in [0.29, 0.717) is 5.82 Å². The number of fused-ring (bicyclic) bond motifs is 6. The first-order chi connectivity index (χ1) is 13.7. The van der Waals surface area contributed by atoms with Crippen LogP contribution in [0.5, 0.6) is 0 Å². The lowest BCUT2D eigenvalue weighted by Gasteiger charge is -2.03. The van der Waals surface area contributed by atoms with Crippen LogP contribution >= 0.6 is 0 Å². The normalized spacial score (nSPS) is 11.7. The Morgan fingerprint density at radius 1 is 0.857 bits per heavy atom. The summed E-state index contributed by atoms with van der Waals surface area (Å²) in [5.41, 5.74) is 4.32. The van der Waals surface area contributed by atoms with E-state index in [1.54, 1.807) is 24.5 Å². The SMILES string of the molecule is O=[N+]([O-])c1ccc(C=Cc2nc3c4cccnc4c4ncccc4c3[nH]2)cc1. The third-order valence-corrected chi connectivity index (χ3v) is 4.62. The third kappa shape index (κ3) is 2.57. The van der Waals surface area contributed by atoms with Crippen molar-refractivity contribution in [3.63, 3.8) is 0 Å². The van der Waals surface area contributed by atoms with Gasteiger partial charge in [-0.25, -0.2) is 4.98 Å². The molecule has 0 unspecified atom stereocenters. The highest BCUT2D eigenvalue weighted by atomic mass is 16.6. The van der Waals surface area contributed by atoms with Crippen molar-refractivity contribution in [3.8, 4) is 0 Å². The zero-order valence-corrected chi connectivity index (χ0v) is 14.5. The molecule has 3 aromatic heterocycles. The highest BCUT2D eigenvalue weighted by Gasteiger charge is 2.13. The number of aromatic amines is 1. The Morgan fingerprint density at radius 3 is 2.25 bits per heavy atom. The van der Waals surface area contributed by atoms with Gasteiger partial charge in [-0.15, -0.1) is 0 Å². The van der Waals surface area contributed by atoms with Gasteiger partial charge in [-0.1, -0.05) is 6.08 Å². The largest absolute Gasteiger partial charge is 0.338 e. The van der Waals surface area contributed by atoms with Gasteiger partial charge in [0, 0.05) is 35.3 Å². The molecule has 134 valence electrons. The number of nitro groups is 1. The van der Waals surface area contributed by atoms with Crippen LogP contribution in [0.3, 0.4) is 0 Å². The van der Waals surface area contributed by atoms with E-state index in [1.807, 2.05) is 36.4 Å². The van der Waals surface area contributed by atoms with E-state index in [1.165, 1.54) is 12.1 Å². The van der Waals surface area contributed by atoms with Gasteiger partial charge in [-0.3, -0.25) is 20.1 Å². The molecule has 0 aliphatic heterocycles. The van der Waals surface area contributed by atoms with Crippen LogP contribution in [0.4, 0.5) is 5.69 Å². The Morgan fingerprint density at radius 2 is 1.54 bits per heavy atom. The molecule has 0 radical (unpaired) electrons. The lowest BCUT2D eigenvalue weighted by Crippen LogP contribution is -1.86. The van der Waals surface area contributed by atoms with Crippen molar-refractivity contribution < 1.29 is 4.92 Å². The molecule has 0 aliphatic carbocycles. The van der Waals surface area contributed by atoms with Crippen molar-refractivity contribution in [2.45, 2.75) is 0 Å². The molecule has 5 rings (SSSR count). The maximum absolute atomic E-state index is 10.8. The van der Waals surface area contributed by atoms with Gasteiger partial charge in [0.25, 0.3) is 5.69 Å². The lowest BCUT2D eigenvalue weighted by atomic mass is 10.1. The molecule has 0 bridgehead atoms. The maximum atomic E-state index is 10.8. The molecule has 1 N–H and O–H groups in total. The van der Waals surface area contributed by atoms with E-state index >= 15 is 0 Å². The van der Waals surface area contributed by atoms with Crippen molar-refractivity contribution in [1.29, 1.82) is 0 Å². The van der Waals surface area contributed by atoms with Crippen molar-refractivity contribution in [2.75, 3.05) is 0 Å². The number of H-pyrrole nitrogens is 1. The molecular weight excluding hydrogens is 354 g/mol. The Hall–Kier alpha value is -4.13. The zero-order chi connectivity index (χ0) is 19.1. The molecule has 5 aromatic rings. The van der Waals surface area contributed by atoms with Gasteiger partial charge in [-0.05, 0) is 48.0 Å². The number of pyridine rings is 2. The van der Waals surface area contributed by atoms with Crippen LogP contribution < -0.4 is 0 Å². The van der Waals surface area contributed by atoms with E-state index in [-0.39, 0.29) is 5.69 Å². The first kappa shape index (κ1) is 16.1. The summed E-state index contributed by atoms with van der Waals surface area (Å²) in [6.45, 7) is 0. The summed E-state index contributed by atoms with van der Waals surface area (Å²) >= 11 is 0. The van der Waals surface area contributed by atoms with E-state index in [0.717, 1.165) is 38.4 Å². The average molecular weight is 367 g/mol. The van der Waals surface area contributed by atoms with Crippen molar-refractivity contribution in [1.82, 2.24) is 19.9 Å². The number of aromatic nitrogens is 4. The van der Waals surface area contributed by atoms with Gasteiger partial charge in [0.2, 0.25) is 0 Å². The van der Waals surface area contributed by atoms with E-state index in [4.69, 9.17) is 4.98 Å². The number of imidazole rings is 1. The molecule has 0 fully saturated rings. The minimum atomic E-state index is -0.412. The summed E-state index contributed by atoms with van der Waals surface area (Å²) in [5, 5.41) is 12.7. The number of non-ortho nitro benzene ring substituents is 1. The Kier molecular flexibility index (Phi) is 3.58. The smallest absolute Gasteiger partial charge is 0.269 e. The van der Waals surface area contributed by atoms with E-state index < -0.39 is 4.92 Å². The molecular formula is C21H13N5O2. The highest BCUT2D eigenvalue weighted by Crippen LogP contribution is 2.31. The van der Waals surface area contributed by atoms with Gasteiger partial charge in [-0.2, -0.15) is 0 Å². The summed E-state index contributed by atoms with van der Waals surface area (Å²) < 4.78 is 0. The van der Waals surface area contributed by atoms with Gasteiger partial charge in [0.15, 0.2) is 0 Å². The fourth-order valence-corrected chi connectivity index (χ4v) is 3.32. The van der Waals surface area contributed by atoms with Crippen LogP contribution in [0.15, 0.2) is 60.9 Å². The average Bonchev–Trinajstić information content (AvgIpc) is 3.17. The van der Waals surface area contributed by atoms with Gasteiger partial charge >= 0.3 is 0 Å². The molecule has 0 saturated heterocycles. The first-order valence-electron chi connectivity index (χ1n) is 8.64. The standard InChI is InChI=1S/C21H13N5O2/c27-26(28)14-8-5-13(6-9-14)7-10-17-24-20-15-3-1-11-22-18(15)19-16(21(20)25-17)4-2-12-23-19/h1-12H,(H,24,25). The Bertz CT molecular complexity index is 1310. The molecule has 7 heteroatoms. The molecule has 0 spiro atoms. The van der Waals surface area contributed by atoms with E-state index in [2.05, 4.69) is 15.0 Å². The molecule has 7 nitrogen and oxygen atoms in total. The van der Waals surface area contributed by atoms with Crippen molar-refractivity contribution in [2.24, 2.45) is 0 Å². The molecule has 0 atom stereocenters. The minimum Gasteiger partial charge on any atom is -0.338 e. The third-order valence-electron chi connectivity index (χ3n) is 4.62. The van der Waals surface area contributed by atoms with Crippen LogP contribution in [0.1, 0.15) is 11.4 Å². The second-order valence-corrected chi connectivity index (χ2v) is 6.33. The summed E-state index contributed by atoms with van der Waals surface area (Å²) in [4.78, 5) is 27.4. The van der Waals surface area contributed by atoms with Crippen molar-refractivity contribution in [3.05, 3.63) is 82.4 Å². The molecule has 0 aliphatic rings. The molecule has 0 amide bonds. The van der Waals surface area contributed by atoms with Crippen LogP contribution in [-0.4, -0.2) is 24.9 Å². The highest BCUT2D eigenvalue weighted by molar-refractivity contribution is 6.20. The summed E-state index contributed by atoms with van der Waals surface area (Å²) in [6, 6.07) is 14.1. The Balaban J connectivity index is 1.64. The predicted molar refractivity (Wildman–Crippen MR) is 109 cm³/mol. The second kappa shape index (κ2) is 6.24. The molecule has 3 heterocycles. The van der Waals surface area contributed by atoms with E-state index in [9.17, 15) is 10.1 Å². The number of nitrogens with one attached hydrogen (secondary N) is 1.